The van der Waals surface area contributed by atoms with Gasteiger partial charge in [0.1, 0.15) is 10.4 Å². The number of aryl methyl sites for hydroxylation is 1. The molecule has 1 aliphatic carbocycles. The Kier molecular flexibility index (Phi) is 5.49. The maximum Gasteiger partial charge on any atom is 0.316 e. The van der Waals surface area contributed by atoms with Crippen LogP contribution in [0, 0.1) is 5.92 Å². The van der Waals surface area contributed by atoms with Crippen molar-refractivity contribution in [3.63, 3.8) is 0 Å². The molecular formula is C19H26N2O3S2. The van der Waals surface area contributed by atoms with E-state index in [1.54, 1.807) is 15.9 Å². The topological polar surface area (TPSA) is 61.2 Å². The summed E-state index contributed by atoms with van der Waals surface area (Å²) in [6, 6.07) is 0. The van der Waals surface area contributed by atoms with Crippen LogP contribution in [0.4, 0.5) is 0 Å². The number of nitrogens with zero attached hydrogens (tertiary/aromatic N) is 2. The van der Waals surface area contributed by atoms with Crippen LogP contribution in [-0.2, 0) is 28.9 Å². The Morgan fingerprint density at radius 1 is 1.42 bits per heavy atom. The normalized spacial score (nSPS) is 17.3. The fraction of sp³-hybridized carbons (Fsp3) is 0.632. The van der Waals surface area contributed by atoms with E-state index in [1.807, 2.05) is 27.7 Å². The molecule has 0 aromatic carbocycles. The second-order valence-electron chi connectivity index (χ2n) is 7.85. The number of thiophene rings is 1. The van der Waals surface area contributed by atoms with Crippen molar-refractivity contribution in [1.29, 1.82) is 0 Å². The highest BCUT2D eigenvalue weighted by atomic mass is 32.2. The fourth-order valence-corrected chi connectivity index (χ4v) is 5.55. The van der Waals surface area contributed by atoms with Crippen LogP contribution >= 0.6 is 23.1 Å². The van der Waals surface area contributed by atoms with Gasteiger partial charge in [-0.3, -0.25) is 14.2 Å². The summed E-state index contributed by atoms with van der Waals surface area (Å²) in [5.74, 6) is 0.515. The van der Waals surface area contributed by atoms with Gasteiger partial charge >= 0.3 is 5.97 Å². The van der Waals surface area contributed by atoms with Crippen molar-refractivity contribution in [2.45, 2.75) is 71.2 Å². The lowest BCUT2D eigenvalue weighted by molar-refractivity contribution is -0.151. The van der Waals surface area contributed by atoms with Gasteiger partial charge in [0.05, 0.1) is 11.1 Å². The Morgan fingerprint density at radius 2 is 2.15 bits per heavy atom. The molecular weight excluding hydrogens is 368 g/mol. The maximum absolute atomic E-state index is 13.1. The van der Waals surface area contributed by atoms with Crippen molar-refractivity contribution in [2.75, 3.05) is 5.75 Å². The van der Waals surface area contributed by atoms with Crippen molar-refractivity contribution in [3.05, 3.63) is 20.8 Å². The van der Waals surface area contributed by atoms with Crippen LogP contribution in [0.3, 0.4) is 0 Å². The number of thioether (sulfide) groups is 1. The highest BCUT2D eigenvalue weighted by Gasteiger charge is 2.25. The quantitative estimate of drug-likeness (QED) is 0.445. The van der Waals surface area contributed by atoms with Gasteiger partial charge in [-0.05, 0) is 58.4 Å². The molecule has 2 aromatic heterocycles. The summed E-state index contributed by atoms with van der Waals surface area (Å²) in [5.41, 5.74) is 0.714. The van der Waals surface area contributed by atoms with Gasteiger partial charge in [-0.2, -0.15) is 0 Å². The molecule has 0 radical (unpaired) electrons. The van der Waals surface area contributed by atoms with E-state index in [9.17, 15) is 9.59 Å². The Hall–Kier alpha value is -1.34. The van der Waals surface area contributed by atoms with Gasteiger partial charge in [0.15, 0.2) is 5.16 Å². The van der Waals surface area contributed by atoms with Gasteiger partial charge in [0, 0.05) is 11.4 Å². The summed E-state index contributed by atoms with van der Waals surface area (Å²) in [5, 5.41) is 1.39. The standard InChI is InChI=1S/C19H26N2O3S2/c1-6-21-17(23)15-12-8-7-11(2)9-13(12)26-16(15)20-18(21)25-10-14(22)24-19(3,4)5/h11H,6-10H2,1-5H3. The van der Waals surface area contributed by atoms with E-state index >= 15 is 0 Å². The van der Waals surface area contributed by atoms with Crippen molar-refractivity contribution in [1.82, 2.24) is 9.55 Å². The van der Waals surface area contributed by atoms with Gasteiger partial charge < -0.3 is 4.74 Å². The molecule has 7 heteroatoms. The molecule has 142 valence electrons. The summed E-state index contributed by atoms with van der Waals surface area (Å²) in [4.78, 5) is 31.9. The van der Waals surface area contributed by atoms with E-state index in [-0.39, 0.29) is 17.3 Å². The molecule has 1 atom stereocenters. The van der Waals surface area contributed by atoms with E-state index in [4.69, 9.17) is 9.72 Å². The average Bonchev–Trinajstić information content (AvgIpc) is 2.88. The Labute approximate surface area is 162 Å². The minimum atomic E-state index is -0.511. The molecule has 2 aromatic rings. The molecule has 0 bridgehead atoms. The van der Waals surface area contributed by atoms with Gasteiger partial charge in [0.2, 0.25) is 0 Å². The predicted molar refractivity (Wildman–Crippen MR) is 107 cm³/mol. The summed E-state index contributed by atoms with van der Waals surface area (Å²) in [6.45, 7) is 10.3. The van der Waals surface area contributed by atoms with Crippen molar-refractivity contribution < 1.29 is 9.53 Å². The molecule has 0 saturated carbocycles. The second kappa shape index (κ2) is 7.35. The first-order chi connectivity index (χ1) is 12.2. The van der Waals surface area contributed by atoms with Crippen LogP contribution in [0.2, 0.25) is 0 Å². The molecule has 5 nitrogen and oxygen atoms in total. The van der Waals surface area contributed by atoms with Crippen molar-refractivity contribution >= 4 is 39.3 Å². The third-order valence-electron chi connectivity index (χ3n) is 4.44. The number of carbonyl (C=O) groups excluding carboxylic acids is 1. The SMILES string of the molecule is CCn1c(SCC(=O)OC(C)(C)C)nc2sc3c(c2c1=O)CCC(C)C3. The van der Waals surface area contributed by atoms with E-state index < -0.39 is 5.60 Å². The van der Waals surface area contributed by atoms with Gasteiger partial charge in [-0.1, -0.05) is 18.7 Å². The van der Waals surface area contributed by atoms with Crippen LogP contribution in [0.25, 0.3) is 10.2 Å². The van der Waals surface area contributed by atoms with Gasteiger partial charge in [-0.25, -0.2) is 4.98 Å². The Bertz CT molecular complexity index is 893. The first-order valence-electron chi connectivity index (χ1n) is 9.09. The molecule has 0 amide bonds. The van der Waals surface area contributed by atoms with Crippen molar-refractivity contribution in [3.8, 4) is 0 Å². The molecule has 0 fully saturated rings. The Balaban J connectivity index is 1.94. The summed E-state index contributed by atoms with van der Waals surface area (Å²) in [7, 11) is 0. The second-order valence-corrected chi connectivity index (χ2v) is 9.88. The molecule has 1 unspecified atom stereocenters. The van der Waals surface area contributed by atoms with Crippen LogP contribution in [0.15, 0.2) is 9.95 Å². The lowest BCUT2D eigenvalue weighted by atomic mass is 9.89. The predicted octanol–water partition coefficient (Wildman–Crippen LogP) is 4.04. The van der Waals surface area contributed by atoms with E-state index in [0.29, 0.717) is 17.6 Å². The van der Waals surface area contributed by atoms with E-state index in [1.165, 1.54) is 22.2 Å². The molecule has 26 heavy (non-hydrogen) atoms. The third kappa shape index (κ3) is 3.98. The first kappa shape index (κ1) is 19.4. The number of aromatic nitrogens is 2. The lowest BCUT2D eigenvalue weighted by Crippen LogP contribution is -2.26. The average molecular weight is 395 g/mol. The zero-order valence-electron chi connectivity index (χ0n) is 16.0. The minimum Gasteiger partial charge on any atom is -0.459 e. The number of fused-ring (bicyclic) bond motifs is 3. The molecule has 0 aliphatic heterocycles. The van der Waals surface area contributed by atoms with E-state index in [2.05, 4.69) is 6.92 Å². The minimum absolute atomic E-state index is 0.0243. The zero-order valence-corrected chi connectivity index (χ0v) is 17.7. The largest absolute Gasteiger partial charge is 0.459 e. The van der Waals surface area contributed by atoms with Gasteiger partial charge in [0.25, 0.3) is 5.56 Å². The number of esters is 1. The number of rotatable bonds is 4. The number of hydrogen-bond donors (Lipinski definition) is 0. The van der Waals surface area contributed by atoms with Crippen LogP contribution in [-0.4, -0.2) is 26.9 Å². The molecule has 1 aliphatic rings. The van der Waals surface area contributed by atoms with Crippen molar-refractivity contribution in [2.24, 2.45) is 5.92 Å². The monoisotopic (exact) mass is 394 g/mol. The number of hydrogen-bond acceptors (Lipinski definition) is 6. The summed E-state index contributed by atoms with van der Waals surface area (Å²) in [6.07, 6.45) is 3.11. The number of carbonyl (C=O) groups is 1. The Morgan fingerprint density at radius 3 is 2.81 bits per heavy atom. The van der Waals surface area contributed by atoms with Gasteiger partial charge in [-0.15, -0.1) is 11.3 Å². The molecule has 0 spiro atoms. The molecule has 0 N–H and O–H groups in total. The first-order valence-corrected chi connectivity index (χ1v) is 10.9. The fourth-order valence-electron chi connectivity index (χ4n) is 3.29. The molecule has 3 rings (SSSR count). The van der Waals surface area contributed by atoms with Crippen LogP contribution in [0.1, 0.15) is 51.5 Å². The summed E-state index contributed by atoms with van der Waals surface area (Å²) < 4.78 is 7.04. The number of ether oxygens (including phenoxy) is 1. The maximum atomic E-state index is 13.1. The molecule has 2 heterocycles. The molecule has 0 saturated heterocycles. The highest BCUT2D eigenvalue weighted by molar-refractivity contribution is 7.99. The third-order valence-corrected chi connectivity index (χ3v) is 6.53. The van der Waals surface area contributed by atoms with Crippen LogP contribution in [0.5, 0.6) is 0 Å². The smallest absolute Gasteiger partial charge is 0.316 e. The van der Waals surface area contributed by atoms with Crippen LogP contribution < -0.4 is 5.56 Å². The van der Waals surface area contributed by atoms with E-state index in [0.717, 1.165) is 29.5 Å². The lowest BCUT2D eigenvalue weighted by Gasteiger charge is -2.19. The summed E-state index contributed by atoms with van der Waals surface area (Å²) >= 11 is 2.92. The highest BCUT2D eigenvalue weighted by Crippen LogP contribution is 2.36. The zero-order chi connectivity index (χ0) is 19.1.